The summed E-state index contributed by atoms with van der Waals surface area (Å²) in [6, 6.07) is 3.61. The summed E-state index contributed by atoms with van der Waals surface area (Å²) in [5.74, 6) is 0.861. The molecule has 1 heterocycles. The Morgan fingerprint density at radius 3 is 2.78 bits per heavy atom. The van der Waals surface area contributed by atoms with Gasteiger partial charge in [0.25, 0.3) is 0 Å². The SMILES string of the molecule is C[C@H](NC(=O)C1(CN)CCCCC1)c1ccco1. The van der Waals surface area contributed by atoms with Crippen LogP contribution in [0.3, 0.4) is 0 Å². The molecule has 1 saturated carbocycles. The quantitative estimate of drug-likeness (QED) is 0.862. The van der Waals surface area contributed by atoms with Crippen molar-refractivity contribution >= 4 is 5.91 Å². The molecule has 1 amide bonds. The van der Waals surface area contributed by atoms with E-state index in [2.05, 4.69) is 5.32 Å². The molecule has 18 heavy (non-hydrogen) atoms. The Morgan fingerprint density at radius 2 is 2.22 bits per heavy atom. The summed E-state index contributed by atoms with van der Waals surface area (Å²) in [6.07, 6.45) is 6.83. The van der Waals surface area contributed by atoms with Gasteiger partial charge in [-0.3, -0.25) is 4.79 Å². The molecule has 1 aromatic heterocycles. The molecule has 0 aromatic carbocycles. The third-order valence-electron chi connectivity index (χ3n) is 4.00. The van der Waals surface area contributed by atoms with Gasteiger partial charge in [-0.2, -0.15) is 0 Å². The monoisotopic (exact) mass is 250 g/mol. The summed E-state index contributed by atoms with van der Waals surface area (Å²) in [7, 11) is 0. The smallest absolute Gasteiger partial charge is 0.228 e. The zero-order chi connectivity index (χ0) is 13.0. The molecule has 0 radical (unpaired) electrons. The molecule has 0 aliphatic heterocycles. The first-order valence-corrected chi connectivity index (χ1v) is 6.72. The molecule has 0 bridgehead atoms. The van der Waals surface area contributed by atoms with Crippen LogP contribution in [0.5, 0.6) is 0 Å². The number of hydrogen-bond donors (Lipinski definition) is 2. The molecule has 1 aliphatic rings. The van der Waals surface area contributed by atoms with Crippen LogP contribution in [0.2, 0.25) is 0 Å². The summed E-state index contributed by atoms with van der Waals surface area (Å²) < 4.78 is 5.30. The zero-order valence-electron chi connectivity index (χ0n) is 10.9. The highest BCUT2D eigenvalue weighted by molar-refractivity contribution is 5.83. The van der Waals surface area contributed by atoms with Gasteiger partial charge in [0.15, 0.2) is 0 Å². The Hall–Kier alpha value is -1.29. The molecular formula is C14H22N2O2. The highest BCUT2D eigenvalue weighted by Gasteiger charge is 2.38. The Morgan fingerprint density at radius 1 is 1.50 bits per heavy atom. The molecule has 1 atom stereocenters. The predicted octanol–water partition coefficient (Wildman–Crippen LogP) is 2.37. The van der Waals surface area contributed by atoms with Crippen molar-refractivity contribution in [1.29, 1.82) is 0 Å². The van der Waals surface area contributed by atoms with E-state index >= 15 is 0 Å². The minimum Gasteiger partial charge on any atom is -0.467 e. The number of nitrogens with one attached hydrogen (secondary N) is 1. The summed E-state index contributed by atoms with van der Waals surface area (Å²) in [5.41, 5.74) is 5.49. The molecule has 1 aromatic rings. The van der Waals surface area contributed by atoms with Crippen LogP contribution in [-0.2, 0) is 4.79 Å². The fourth-order valence-electron chi connectivity index (χ4n) is 2.71. The molecule has 2 rings (SSSR count). The van der Waals surface area contributed by atoms with E-state index in [4.69, 9.17) is 10.2 Å². The van der Waals surface area contributed by atoms with Crippen molar-refractivity contribution in [2.75, 3.05) is 6.54 Å². The standard InChI is InChI=1S/C14H22N2O2/c1-11(12-6-5-9-18-12)16-13(17)14(10-15)7-3-2-4-8-14/h5-6,9,11H,2-4,7-8,10,15H2,1H3,(H,16,17)/t11-/m0/s1. The molecule has 100 valence electrons. The molecule has 0 saturated heterocycles. The van der Waals surface area contributed by atoms with Crippen LogP contribution >= 0.6 is 0 Å². The number of nitrogens with two attached hydrogens (primary N) is 1. The second-order valence-corrected chi connectivity index (χ2v) is 5.26. The van der Waals surface area contributed by atoms with Crippen molar-refractivity contribution < 1.29 is 9.21 Å². The van der Waals surface area contributed by atoms with E-state index in [1.165, 1.54) is 6.42 Å². The number of amides is 1. The Labute approximate surface area is 108 Å². The van der Waals surface area contributed by atoms with Crippen LogP contribution in [0, 0.1) is 5.41 Å². The highest BCUT2D eigenvalue weighted by Crippen LogP contribution is 2.36. The van der Waals surface area contributed by atoms with Gasteiger partial charge in [0.1, 0.15) is 5.76 Å². The van der Waals surface area contributed by atoms with E-state index in [0.29, 0.717) is 6.54 Å². The van der Waals surface area contributed by atoms with Gasteiger partial charge in [0, 0.05) is 6.54 Å². The van der Waals surface area contributed by atoms with E-state index in [9.17, 15) is 4.79 Å². The second-order valence-electron chi connectivity index (χ2n) is 5.26. The van der Waals surface area contributed by atoms with Crippen LogP contribution in [0.15, 0.2) is 22.8 Å². The Bertz CT molecular complexity index is 381. The van der Waals surface area contributed by atoms with Crippen LogP contribution in [-0.4, -0.2) is 12.5 Å². The summed E-state index contributed by atoms with van der Waals surface area (Å²) in [5, 5.41) is 3.03. The maximum Gasteiger partial charge on any atom is 0.228 e. The first-order chi connectivity index (χ1) is 8.68. The van der Waals surface area contributed by atoms with E-state index in [0.717, 1.165) is 31.4 Å². The largest absolute Gasteiger partial charge is 0.467 e. The van der Waals surface area contributed by atoms with Gasteiger partial charge < -0.3 is 15.5 Å². The van der Waals surface area contributed by atoms with E-state index < -0.39 is 0 Å². The number of carbonyl (C=O) groups is 1. The van der Waals surface area contributed by atoms with E-state index in [1.54, 1.807) is 6.26 Å². The average molecular weight is 250 g/mol. The molecule has 4 heteroatoms. The van der Waals surface area contributed by atoms with E-state index in [1.807, 2.05) is 19.1 Å². The highest BCUT2D eigenvalue weighted by atomic mass is 16.3. The van der Waals surface area contributed by atoms with Crippen molar-refractivity contribution in [3.63, 3.8) is 0 Å². The lowest BCUT2D eigenvalue weighted by molar-refractivity contribution is -0.133. The first-order valence-electron chi connectivity index (χ1n) is 6.72. The number of hydrogen-bond acceptors (Lipinski definition) is 3. The lowest BCUT2D eigenvalue weighted by atomic mass is 9.73. The third-order valence-corrected chi connectivity index (χ3v) is 4.00. The average Bonchev–Trinajstić information content (AvgIpc) is 2.93. The van der Waals surface area contributed by atoms with Crippen LogP contribution < -0.4 is 11.1 Å². The fourth-order valence-corrected chi connectivity index (χ4v) is 2.71. The van der Waals surface area contributed by atoms with Crippen molar-refractivity contribution in [3.8, 4) is 0 Å². The summed E-state index contributed by atoms with van der Waals surface area (Å²) in [4.78, 5) is 12.4. The molecule has 3 N–H and O–H groups in total. The van der Waals surface area contributed by atoms with Gasteiger partial charge >= 0.3 is 0 Å². The molecule has 1 fully saturated rings. The second kappa shape index (κ2) is 5.57. The Balaban J connectivity index is 2.01. The molecule has 0 unspecified atom stereocenters. The maximum atomic E-state index is 12.4. The predicted molar refractivity (Wildman–Crippen MR) is 69.8 cm³/mol. The van der Waals surface area contributed by atoms with Crippen molar-refractivity contribution in [2.24, 2.45) is 11.1 Å². The van der Waals surface area contributed by atoms with Crippen molar-refractivity contribution in [1.82, 2.24) is 5.32 Å². The Kier molecular flexibility index (Phi) is 4.07. The van der Waals surface area contributed by atoms with Gasteiger partial charge in [-0.05, 0) is 31.9 Å². The molecular weight excluding hydrogens is 228 g/mol. The number of furan rings is 1. The topological polar surface area (TPSA) is 68.3 Å². The van der Waals surface area contributed by atoms with Crippen LogP contribution in [0.25, 0.3) is 0 Å². The van der Waals surface area contributed by atoms with Gasteiger partial charge in [-0.15, -0.1) is 0 Å². The summed E-state index contributed by atoms with van der Waals surface area (Å²) in [6.45, 7) is 2.37. The van der Waals surface area contributed by atoms with Gasteiger partial charge in [-0.1, -0.05) is 19.3 Å². The van der Waals surface area contributed by atoms with Gasteiger partial charge in [0.2, 0.25) is 5.91 Å². The lowest BCUT2D eigenvalue weighted by Crippen LogP contribution is -2.47. The minimum atomic E-state index is -0.362. The third kappa shape index (κ3) is 2.58. The van der Waals surface area contributed by atoms with Gasteiger partial charge in [0.05, 0.1) is 17.7 Å². The normalized spacial score (nSPS) is 20.3. The zero-order valence-corrected chi connectivity index (χ0v) is 10.9. The van der Waals surface area contributed by atoms with E-state index in [-0.39, 0.29) is 17.4 Å². The molecule has 0 spiro atoms. The lowest BCUT2D eigenvalue weighted by Gasteiger charge is -2.35. The van der Waals surface area contributed by atoms with Gasteiger partial charge in [-0.25, -0.2) is 0 Å². The number of carbonyl (C=O) groups excluding carboxylic acids is 1. The maximum absolute atomic E-state index is 12.4. The van der Waals surface area contributed by atoms with Crippen molar-refractivity contribution in [3.05, 3.63) is 24.2 Å². The van der Waals surface area contributed by atoms with Crippen molar-refractivity contribution in [2.45, 2.75) is 45.1 Å². The van der Waals surface area contributed by atoms with Crippen LogP contribution in [0.4, 0.5) is 0 Å². The number of rotatable bonds is 4. The first kappa shape index (κ1) is 13.1. The van der Waals surface area contributed by atoms with Crippen LogP contribution in [0.1, 0.15) is 50.8 Å². The minimum absolute atomic E-state index is 0.0774. The summed E-state index contributed by atoms with van der Waals surface area (Å²) >= 11 is 0. The fraction of sp³-hybridized carbons (Fsp3) is 0.643. The molecule has 1 aliphatic carbocycles. The molecule has 4 nitrogen and oxygen atoms in total.